The maximum Gasteiger partial charge on any atom is 0.222 e. The lowest BCUT2D eigenvalue weighted by molar-refractivity contribution is -0.130. The minimum absolute atomic E-state index is 0.0185. The van der Waals surface area contributed by atoms with Crippen LogP contribution >= 0.6 is 0 Å². The van der Waals surface area contributed by atoms with E-state index in [1.165, 1.54) is 0 Å². The van der Waals surface area contributed by atoms with Crippen molar-refractivity contribution in [2.75, 3.05) is 13.7 Å². The summed E-state index contributed by atoms with van der Waals surface area (Å²) in [7, 11) is 1.76. The molecule has 0 spiro atoms. The predicted molar refractivity (Wildman–Crippen MR) is 98.2 cm³/mol. The number of terminal acetylenes is 1. The standard InChI is InChI=1S/C19H23N5O2/c1-3-4-10-19(21-22-19)11-9-18(26)23(2)14-17-20-15-7-5-6-8-16(15)24(17)12-13-25/h1,5-8,25H,4,9-14H2,2H3. The molecular formula is C19H23N5O2. The first-order chi connectivity index (χ1) is 12.6. The Hall–Kier alpha value is -2.72. The number of rotatable bonds is 9. The average Bonchev–Trinajstić information content (AvgIpc) is 3.35. The highest BCUT2D eigenvalue weighted by molar-refractivity contribution is 5.77. The second-order valence-electron chi connectivity index (χ2n) is 6.53. The molecule has 0 saturated heterocycles. The van der Waals surface area contributed by atoms with E-state index in [1.54, 1.807) is 11.9 Å². The number of carbonyl (C=O) groups is 1. The highest BCUT2D eigenvalue weighted by atomic mass is 16.3. The lowest BCUT2D eigenvalue weighted by Crippen LogP contribution is -2.29. The molecule has 0 radical (unpaired) electrons. The van der Waals surface area contributed by atoms with Gasteiger partial charge in [-0.05, 0) is 12.1 Å². The molecule has 1 amide bonds. The number of nitrogens with zero attached hydrogens (tertiary/aromatic N) is 5. The summed E-state index contributed by atoms with van der Waals surface area (Å²) in [5.74, 6) is 3.37. The molecular weight excluding hydrogens is 330 g/mol. The van der Waals surface area contributed by atoms with Crippen molar-refractivity contribution < 1.29 is 9.90 Å². The maximum absolute atomic E-state index is 12.5. The number of fused-ring (bicyclic) bond motifs is 1. The number of imidazole rings is 1. The van der Waals surface area contributed by atoms with Crippen LogP contribution in [0.5, 0.6) is 0 Å². The second-order valence-corrected chi connectivity index (χ2v) is 6.53. The Morgan fingerprint density at radius 3 is 2.81 bits per heavy atom. The van der Waals surface area contributed by atoms with Gasteiger partial charge in [-0.15, -0.1) is 12.3 Å². The van der Waals surface area contributed by atoms with Crippen LogP contribution in [0.15, 0.2) is 34.5 Å². The Kier molecular flexibility index (Phi) is 5.33. The lowest BCUT2D eigenvalue weighted by Gasteiger charge is -2.18. The topological polar surface area (TPSA) is 83.1 Å². The molecule has 7 heteroatoms. The molecule has 26 heavy (non-hydrogen) atoms. The van der Waals surface area contributed by atoms with Crippen LogP contribution in [0.25, 0.3) is 11.0 Å². The molecule has 0 atom stereocenters. The lowest BCUT2D eigenvalue weighted by atomic mass is 10.0. The zero-order chi connectivity index (χ0) is 18.6. The van der Waals surface area contributed by atoms with Gasteiger partial charge >= 0.3 is 0 Å². The number of carbonyl (C=O) groups excluding carboxylic acids is 1. The highest BCUT2D eigenvalue weighted by Gasteiger charge is 2.39. The molecule has 2 heterocycles. The minimum atomic E-state index is -0.438. The van der Waals surface area contributed by atoms with Gasteiger partial charge in [-0.25, -0.2) is 4.98 Å². The van der Waals surface area contributed by atoms with Gasteiger partial charge in [0.2, 0.25) is 5.91 Å². The van der Waals surface area contributed by atoms with E-state index in [-0.39, 0.29) is 12.5 Å². The Balaban J connectivity index is 1.63. The molecule has 0 fully saturated rings. The van der Waals surface area contributed by atoms with Crippen molar-refractivity contribution in [1.82, 2.24) is 14.5 Å². The maximum atomic E-state index is 12.5. The minimum Gasteiger partial charge on any atom is -0.395 e. The summed E-state index contributed by atoms with van der Waals surface area (Å²) in [4.78, 5) is 18.8. The van der Waals surface area contributed by atoms with Crippen LogP contribution in [0.2, 0.25) is 0 Å². The van der Waals surface area contributed by atoms with Crippen molar-refractivity contribution >= 4 is 16.9 Å². The van der Waals surface area contributed by atoms with Gasteiger partial charge in [-0.2, -0.15) is 10.2 Å². The molecule has 0 unspecified atom stereocenters. The SMILES string of the molecule is C#CCCC1(CCC(=O)N(C)Cc2nc3ccccc3n2CCO)N=N1. The second kappa shape index (κ2) is 7.67. The molecule has 2 aromatic rings. The number of aromatic nitrogens is 2. The highest BCUT2D eigenvalue weighted by Crippen LogP contribution is 2.37. The van der Waals surface area contributed by atoms with Crippen LogP contribution in [0.4, 0.5) is 0 Å². The van der Waals surface area contributed by atoms with E-state index in [9.17, 15) is 9.90 Å². The van der Waals surface area contributed by atoms with Crippen LogP contribution in [-0.4, -0.2) is 44.8 Å². The summed E-state index contributed by atoms with van der Waals surface area (Å²) < 4.78 is 1.96. The summed E-state index contributed by atoms with van der Waals surface area (Å²) >= 11 is 0. The molecule has 0 saturated carbocycles. The van der Waals surface area contributed by atoms with Crippen molar-refractivity contribution in [2.45, 2.75) is 44.4 Å². The Labute approximate surface area is 152 Å². The molecule has 1 N–H and O–H groups in total. The number of aliphatic hydroxyl groups excluding tert-OH is 1. The first kappa shape index (κ1) is 18.1. The third kappa shape index (κ3) is 3.92. The van der Waals surface area contributed by atoms with Gasteiger partial charge in [0.25, 0.3) is 0 Å². The third-order valence-electron chi connectivity index (χ3n) is 4.65. The van der Waals surface area contributed by atoms with Crippen molar-refractivity contribution in [3.05, 3.63) is 30.1 Å². The molecule has 1 aromatic carbocycles. The number of hydrogen-bond acceptors (Lipinski definition) is 5. The first-order valence-electron chi connectivity index (χ1n) is 8.75. The Morgan fingerprint density at radius 2 is 2.12 bits per heavy atom. The first-order valence-corrected chi connectivity index (χ1v) is 8.75. The van der Waals surface area contributed by atoms with Crippen molar-refractivity contribution in [3.63, 3.8) is 0 Å². The number of amides is 1. The van der Waals surface area contributed by atoms with Gasteiger partial charge < -0.3 is 14.6 Å². The fraction of sp³-hybridized carbons (Fsp3) is 0.474. The van der Waals surface area contributed by atoms with E-state index in [4.69, 9.17) is 6.42 Å². The van der Waals surface area contributed by atoms with Crippen LogP contribution in [0.3, 0.4) is 0 Å². The van der Waals surface area contributed by atoms with E-state index in [0.717, 1.165) is 16.9 Å². The molecule has 136 valence electrons. The fourth-order valence-corrected chi connectivity index (χ4v) is 3.06. The van der Waals surface area contributed by atoms with Crippen molar-refractivity contribution in [2.24, 2.45) is 10.2 Å². The quantitative estimate of drug-likeness (QED) is 0.703. The molecule has 0 aliphatic carbocycles. The van der Waals surface area contributed by atoms with Gasteiger partial charge in [-0.3, -0.25) is 4.79 Å². The smallest absolute Gasteiger partial charge is 0.222 e. The molecule has 1 aliphatic heterocycles. The average molecular weight is 353 g/mol. The summed E-state index contributed by atoms with van der Waals surface area (Å²) in [5, 5.41) is 17.5. The number of aliphatic hydroxyl groups is 1. The monoisotopic (exact) mass is 353 g/mol. The summed E-state index contributed by atoms with van der Waals surface area (Å²) in [6.45, 7) is 0.857. The van der Waals surface area contributed by atoms with Gasteiger partial charge in [-0.1, -0.05) is 12.1 Å². The normalized spacial score (nSPS) is 14.3. The number of hydrogen-bond donors (Lipinski definition) is 1. The van der Waals surface area contributed by atoms with Gasteiger partial charge in [0, 0.05) is 39.3 Å². The fourth-order valence-electron chi connectivity index (χ4n) is 3.06. The van der Waals surface area contributed by atoms with Crippen molar-refractivity contribution in [1.29, 1.82) is 0 Å². The van der Waals surface area contributed by atoms with Crippen LogP contribution in [0.1, 0.15) is 31.5 Å². The molecule has 7 nitrogen and oxygen atoms in total. The van der Waals surface area contributed by atoms with E-state index >= 15 is 0 Å². The summed E-state index contributed by atoms with van der Waals surface area (Å²) in [6.07, 6.45) is 7.56. The van der Waals surface area contributed by atoms with E-state index in [1.807, 2.05) is 28.8 Å². The zero-order valence-corrected chi connectivity index (χ0v) is 14.9. The van der Waals surface area contributed by atoms with Crippen molar-refractivity contribution in [3.8, 4) is 12.3 Å². The Morgan fingerprint density at radius 1 is 1.35 bits per heavy atom. The molecule has 1 aliphatic rings. The van der Waals surface area contributed by atoms with E-state index < -0.39 is 5.66 Å². The van der Waals surface area contributed by atoms with Gasteiger partial charge in [0.05, 0.1) is 24.2 Å². The molecule has 0 bridgehead atoms. The van der Waals surface area contributed by atoms with Crippen LogP contribution in [-0.2, 0) is 17.9 Å². The van der Waals surface area contributed by atoms with Gasteiger partial charge in [0.15, 0.2) is 5.66 Å². The van der Waals surface area contributed by atoms with Crippen LogP contribution < -0.4 is 0 Å². The van der Waals surface area contributed by atoms with Crippen LogP contribution in [0, 0.1) is 12.3 Å². The predicted octanol–water partition coefficient (Wildman–Crippen LogP) is 2.34. The van der Waals surface area contributed by atoms with E-state index in [0.29, 0.717) is 38.8 Å². The summed E-state index contributed by atoms with van der Waals surface area (Å²) in [5.41, 5.74) is 1.38. The molecule has 3 rings (SSSR count). The number of benzene rings is 1. The van der Waals surface area contributed by atoms with Gasteiger partial charge in [0.1, 0.15) is 5.82 Å². The third-order valence-corrected chi connectivity index (χ3v) is 4.65. The zero-order valence-electron chi connectivity index (χ0n) is 14.9. The number of para-hydroxylation sites is 2. The van der Waals surface area contributed by atoms with E-state index in [2.05, 4.69) is 21.1 Å². The molecule has 1 aromatic heterocycles. The summed E-state index contributed by atoms with van der Waals surface area (Å²) in [6, 6.07) is 7.76. The Bertz CT molecular complexity index is 858. The largest absolute Gasteiger partial charge is 0.395 e.